The summed E-state index contributed by atoms with van der Waals surface area (Å²) in [5, 5.41) is 6.10. The summed E-state index contributed by atoms with van der Waals surface area (Å²) in [6.07, 6.45) is 3.62. The molecule has 1 fully saturated rings. The van der Waals surface area contributed by atoms with Gasteiger partial charge in [-0.3, -0.25) is 4.79 Å². The smallest absolute Gasteiger partial charge is 0.255 e. The van der Waals surface area contributed by atoms with E-state index in [1.165, 1.54) is 42.1 Å². The first kappa shape index (κ1) is 17.9. The third-order valence-corrected chi connectivity index (χ3v) is 6.57. The molecule has 1 heterocycles. The quantitative estimate of drug-likeness (QED) is 0.693. The Morgan fingerprint density at radius 2 is 1.74 bits per heavy atom. The Bertz CT molecular complexity index is 1080. The molecule has 0 bridgehead atoms. The summed E-state index contributed by atoms with van der Waals surface area (Å²) in [7, 11) is -3.27. The highest BCUT2D eigenvalue weighted by Gasteiger charge is 2.26. The molecule has 4 rings (SSSR count). The van der Waals surface area contributed by atoms with Crippen molar-refractivity contribution in [1.29, 1.82) is 0 Å². The third-order valence-electron chi connectivity index (χ3n) is 4.43. The molecule has 0 unspecified atom stereocenters. The maximum atomic E-state index is 12.3. The number of carbonyl (C=O) groups excluding carboxylic acids is 1. The minimum absolute atomic E-state index is 0.192. The first-order valence-corrected chi connectivity index (χ1v) is 11.3. The van der Waals surface area contributed by atoms with Crippen LogP contribution in [0.1, 0.15) is 34.1 Å². The monoisotopic (exact) mass is 398 g/mol. The molecular formula is C20H18N2O3S2. The number of aromatic nitrogens is 1. The van der Waals surface area contributed by atoms with Gasteiger partial charge in [0, 0.05) is 34.4 Å². The fourth-order valence-corrected chi connectivity index (χ4v) is 4.35. The van der Waals surface area contributed by atoms with Crippen LogP contribution in [-0.4, -0.2) is 25.6 Å². The van der Waals surface area contributed by atoms with Gasteiger partial charge in [-0.05, 0) is 49.2 Å². The van der Waals surface area contributed by atoms with Crippen LogP contribution >= 0.6 is 11.3 Å². The molecule has 1 aliphatic rings. The van der Waals surface area contributed by atoms with Gasteiger partial charge in [-0.2, -0.15) is 0 Å². The maximum Gasteiger partial charge on any atom is 0.255 e. The van der Waals surface area contributed by atoms with E-state index in [0.717, 1.165) is 17.5 Å². The van der Waals surface area contributed by atoms with E-state index in [9.17, 15) is 13.2 Å². The summed E-state index contributed by atoms with van der Waals surface area (Å²) in [6, 6.07) is 13.5. The number of hydrogen-bond donors (Lipinski definition) is 1. The van der Waals surface area contributed by atoms with Gasteiger partial charge in [0.15, 0.2) is 9.84 Å². The molecule has 1 aliphatic carbocycles. The summed E-state index contributed by atoms with van der Waals surface area (Å²) in [5.74, 6) is 0.365. The molecule has 7 heteroatoms. The Morgan fingerprint density at radius 1 is 1.07 bits per heavy atom. The number of carbonyl (C=O) groups is 1. The van der Waals surface area contributed by atoms with E-state index in [2.05, 4.69) is 10.7 Å². The van der Waals surface area contributed by atoms with E-state index in [0.29, 0.717) is 17.2 Å². The Kier molecular flexibility index (Phi) is 4.57. The molecule has 0 aliphatic heterocycles. The average Bonchev–Trinajstić information content (AvgIpc) is 3.39. The number of hydrogen-bond acceptors (Lipinski definition) is 5. The molecule has 1 amide bonds. The molecular weight excluding hydrogens is 380 g/mol. The van der Waals surface area contributed by atoms with Crippen molar-refractivity contribution in [2.24, 2.45) is 0 Å². The van der Waals surface area contributed by atoms with Crippen molar-refractivity contribution in [2.45, 2.75) is 23.7 Å². The first-order chi connectivity index (χ1) is 12.9. The maximum absolute atomic E-state index is 12.3. The summed E-state index contributed by atoms with van der Waals surface area (Å²) >= 11 is 1.71. The number of nitrogens with one attached hydrogen (secondary N) is 1. The lowest BCUT2D eigenvalue weighted by Crippen LogP contribution is -2.12. The van der Waals surface area contributed by atoms with Gasteiger partial charge in [-0.1, -0.05) is 12.1 Å². The molecule has 5 nitrogen and oxygen atoms in total. The third kappa shape index (κ3) is 4.09. The summed E-state index contributed by atoms with van der Waals surface area (Å²) in [4.78, 5) is 17.2. The summed E-state index contributed by atoms with van der Waals surface area (Å²) < 4.78 is 23.0. The minimum atomic E-state index is -3.27. The summed E-state index contributed by atoms with van der Waals surface area (Å²) in [6.45, 7) is 0. The molecule has 0 spiro atoms. The van der Waals surface area contributed by atoms with Gasteiger partial charge in [0.2, 0.25) is 0 Å². The molecule has 3 aromatic rings. The number of sulfone groups is 1. The highest BCUT2D eigenvalue weighted by atomic mass is 32.2. The average molecular weight is 399 g/mol. The highest BCUT2D eigenvalue weighted by Crippen LogP contribution is 2.42. The van der Waals surface area contributed by atoms with Crippen molar-refractivity contribution in [2.75, 3.05) is 11.6 Å². The van der Waals surface area contributed by atoms with Crippen LogP contribution in [0.5, 0.6) is 0 Å². The number of rotatable bonds is 5. The zero-order valence-electron chi connectivity index (χ0n) is 14.7. The SMILES string of the molecule is CS(=O)(=O)c1ccc(C(=O)Nc2ccc(-c3csc(C4CC4)n3)cc2)cc1. The molecule has 27 heavy (non-hydrogen) atoms. The van der Waals surface area contributed by atoms with Crippen molar-refractivity contribution >= 4 is 32.8 Å². The lowest BCUT2D eigenvalue weighted by atomic mass is 10.1. The van der Waals surface area contributed by atoms with E-state index >= 15 is 0 Å². The van der Waals surface area contributed by atoms with Crippen LogP contribution in [0.3, 0.4) is 0 Å². The van der Waals surface area contributed by atoms with Gasteiger partial charge in [-0.25, -0.2) is 13.4 Å². The van der Waals surface area contributed by atoms with Crippen molar-refractivity contribution in [3.63, 3.8) is 0 Å². The van der Waals surface area contributed by atoms with Gasteiger partial charge in [0.05, 0.1) is 15.6 Å². The molecule has 0 radical (unpaired) electrons. The van der Waals surface area contributed by atoms with Gasteiger partial charge < -0.3 is 5.32 Å². The number of anilines is 1. The minimum Gasteiger partial charge on any atom is -0.322 e. The highest BCUT2D eigenvalue weighted by molar-refractivity contribution is 7.90. The Morgan fingerprint density at radius 3 is 2.33 bits per heavy atom. The largest absolute Gasteiger partial charge is 0.322 e. The van der Waals surface area contributed by atoms with Crippen molar-refractivity contribution in [1.82, 2.24) is 4.98 Å². The van der Waals surface area contributed by atoms with Crippen LogP contribution in [0.15, 0.2) is 58.8 Å². The Hall–Kier alpha value is -2.51. The topological polar surface area (TPSA) is 76.1 Å². The van der Waals surface area contributed by atoms with Crippen LogP contribution in [0.4, 0.5) is 5.69 Å². The summed E-state index contributed by atoms with van der Waals surface area (Å²) in [5.41, 5.74) is 3.07. The van der Waals surface area contributed by atoms with Crippen LogP contribution in [0.2, 0.25) is 0 Å². The van der Waals surface area contributed by atoms with E-state index < -0.39 is 9.84 Å². The van der Waals surface area contributed by atoms with Gasteiger partial charge in [0.25, 0.3) is 5.91 Å². The Labute approximate surface area is 162 Å². The zero-order valence-corrected chi connectivity index (χ0v) is 16.3. The van der Waals surface area contributed by atoms with Gasteiger partial charge in [-0.15, -0.1) is 11.3 Å². The van der Waals surface area contributed by atoms with E-state index in [-0.39, 0.29) is 10.8 Å². The lowest BCUT2D eigenvalue weighted by molar-refractivity contribution is 0.102. The molecule has 0 saturated heterocycles. The molecule has 1 aromatic heterocycles. The molecule has 1 saturated carbocycles. The predicted octanol–water partition coefficient (Wildman–Crippen LogP) is 4.34. The molecule has 2 aromatic carbocycles. The Balaban J connectivity index is 1.45. The fraction of sp³-hybridized carbons (Fsp3) is 0.200. The normalized spacial score (nSPS) is 14.1. The second-order valence-corrected chi connectivity index (χ2v) is 9.58. The van der Waals surface area contributed by atoms with Gasteiger partial charge in [0.1, 0.15) is 0 Å². The van der Waals surface area contributed by atoms with Crippen molar-refractivity contribution in [3.8, 4) is 11.3 Å². The number of benzene rings is 2. The first-order valence-electron chi connectivity index (χ1n) is 8.57. The number of amides is 1. The van der Waals surface area contributed by atoms with E-state index in [1.54, 1.807) is 11.3 Å². The van der Waals surface area contributed by atoms with Gasteiger partial charge >= 0.3 is 0 Å². The molecule has 0 atom stereocenters. The van der Waals surface area contributed by atoms with E-state index in [4.69, 9.17) is 4.98 Å². The van der Waals surface area contributed by atoms with Crippen molar-refractivity contribution < 1.29 is 13.2 Å². The molecule has 138 valence electrons. The fourth-order valence-electron chi connectivity index (χ4n) is 2.72. The van der Waals surface area contributed by atoms with Crippen LogP contribution < -0.4 is 5.32 Å². The van der Waals surface area contributed by atoms with Crippen LogP contribution in [0.25, 0.3) is 11.3 Å². The van der Waals surface area contributed by atoms with Crippen LogP contribution in [0, 0.1) is 0 Å². The predicted molar refractivity (Wildman–Crippen MR) is 107 cm³/mol. The lowest BCUT2D eigenvalue weighted by Gasteiger charge is -2.07. The standard InChI is InChI=1S/C20H18N2O3S2/c1-27(24,25)17-10-6-14(7-11-17)19(23)21-16-8-4-13(5-9-16)18-12-26-20(22-18)15-2-3-15/h4-12,15H,2-3H2,1H3,(H,21,23). The van der Waals surface area contributed by atoms with E-state index in [1.807, 2.05) is 24.3 Å². The van der Waals surface area contributed by atoms with Crippen molar-refractivity contribution in [3.05, 3.63) is 64.5 Å². The number of nitrogens with zero attached hydrogens (tertiary/aromatic N) is 1. The second-order valence-electron chi connectivity index (χ2n) is 6.67. The van der Waals surface area contributed by atoms with Crippen LogP contribution in [-0.2, 0) is 9.84 Å². The molecule has 1 N–H and O–H groups in total. The zero-order chi connectivity index (χ0) is 19.0. The number of thiazole rings is 1. The second kappa shape index (κ2) is 6.90.